The van der Waals surface area contributed by atoms with Gasteiger partial charge in [0.15, 0.2) is 0 Å². The van der Waals surface area contributed by atoms with Crippen molar-refractivity contribution >= 4 is 27.3 Å². The number of nitrogen functional groups attached to an aromatic ring is 1. The molecule has 7 heteroatoms. The van der Waals surface area contributed by atoms with Crippen molar-refractivity contribution < 1.29 is 15.1 Å². The summed E-state index contributed by atoms with van der Waals surface area (Å²) in [6.45, 7) is 1.56. The summed E-state index contributed by atoms with van der Waals surface area (Å²) in [5.74, 6) is 0. The predicted octanol–water partition coefficient (Wildman–Crippen LogP) is 1.66. The quantitative estimate of drug-likeness (QED) is 0.331. The highest BCUT2D eigenvalue weighted by Crippen LogP contribution is 2.31. The second kappa shape index (κ2) is 6.12. The molecule has 0 aliphatic rings. The van der Waals surface area contributed by atoms with Crippen LogP contribution in [-0.2, 0) is 0 Å². The van der Waals surface area contributed by atoms with Gasteiger partial charge < -0.3 is 15.9 Å². The van der Waals surface area contributed by atoms with Gasteiger partial charge in [-0.15, -0.1) is 0 Å². The molecule has 100 valence electrons. The lowest BCUT2D eigenvalue weighted by molar-refractivity contribution is -0.385. The van der Waals surface area contributed by atoms with Gasteiger partial charge in [-0.25, -0.2) is 0 Å². The lowest BCUT2D eigenvalue weighted by Crippen LogP contribution is -2.20. The molecule has 1 rings (SSSR count). The van der Waals surface area contributed by atoms with Crippen LogP contribution in [0, 0.1) is 17.0 Å². The molecule has 0 saturated heterocycles. The van der Waals surface area contributed by atoms with E-state index in [4.69, 9.17) is 5.73 Å². The minimum atomic E-state index is -1.15. The Balaban J connectivity index is 3.11. The highest BCUT2D eigenvalue weighted by atomic mass is 79.9. The molecule has 2 unspecified atom stereocenters. The Bertz CT molecular complexity index is 453. The van der Waals surface area contributed by atoms with E-state index in [-0.39, 0.29) is 11.4 Å². The number of rotatable bonds is 5. The number of hydrogen-bond donors (Lipinski definition) is 3. The SMILES string of the molecule is Cc1cc(C(O)C(O)CCBr)c(N)cc1[N+](=O)[O-]. The first kappa shape index (κ1) is 14.9. The third kappa shape index (κ3) is 3.18. The minimum Gasteiger partial charge on any atom is -0.398 e. The van der Waals surface area contributed by atoms with Gasteiger partial charge in [-0.05, 0) is 19.4 Å². The van der Waals surface area contributed by atoms with E-state index in [1.807, 2.05) is 0 Å². The molecule has 6 nitrogen and oxygen atoms in total. The van der Waals surface area contributed by atoms with Gasteiger partial charge in [-0.3, -0.25) is 10.1 Å². The summed E-state index contributed by atoms with van der Waals surface area (Å²) >= 11 is 3.16. The average Bonchev–Trinajstić information content (AvgIpc) is 2.30. The molecule has 0 amide bonds. The fourth-order valence-corrected chi connectivity index (χ4v) is 2.13. The molecule has 0 heterocycles. The molecule has 0 aliphatic carbocycles. The van der Waals surface area contributed by atoms with Crippen LogP contribution in [-0.4, -0.2) is 26.6 Å². The van der Waals surface area contributed by atoms with Gasteiger partial charge in [0.05, 0.1) is 11.0 Å². The normalized spacial score (nSPS) is 14.2. The molecular formula is C11H15BrN2O4. The number of alkyl halides is 1. The summed E-state index contributed by atoms with van der Waals surface area (Å²) in [6, 6.07) is 2.64. The van der Waals surface area contributed by atoms with Crippen molar-refractivity contribution in [1.82, 2.24) is 0 Å². The number of nitro benzene ring substituents is 1. The molecule has 0 radical (unpaired) electrons. The van der Waals surface area contributed by atoms with Gasteiger partial charge in [0.25, 0.3) is 5.69 Å². The van der Waals surface area contributed by atoms with Crippen molar-refractivity contribution in [2.45, 2.75) is 25.6 Å². The average molecular weight is 319 g/mol. The van der Waals surface area contributed by atoms with Crippen molar-refractivity contribution in [1.29, 1.82) is 0 Å². The summed E-state index contributed by atoms with van der Waals surface area (Å²) in [5, 5.41) is 30.9. The first-order valence-corrected chi connectivity index (χ1v) is 6.47. The smallest absolute Gasteiger partial charge is 0.274 e. The highest BCUT2D eigenvalue weighted by Gasteiger charge is 2.23. The van der Waals surface area contributed by atoms with Crippen LogP contribution in [0.5, 0.6) is 0 Å². The number of aliphatic hydroxyl groups excluding tert-OH is 2. The Hall–Kier alpha value is -1.18. The monoisotopic (exact) mass is 318 g/mol. The predicted molar refractivity (Wildman–Crippen MR) is 71.6 cm³/mol. The Labute approximate surface area is 113 Å². The number of nitrogens with two attached hydrogens (primary N) is 1. The van der Waals surface area contributed by atoms with E-state index in [2.05, 4.69) is 15.9 Å². The molecule has 1 aromatic rings. The zero-order chi connectivity index (χ0) is 13.9. The zero-order valence-electron chi connectivity index (χ0n) is 9.84. The maximum Gasteiger partial charge on any atom is 0.274 e. The molecule has 0 aromatic heterocycles. The summed E-state index contributed by atoms with van der Waals surface area (Å²) < 4.78 is 0. The third-order valence-electron chi connectivity index (χ3n) is 2.69. The van der Waals surface area contributed by atoms with Crippen LogP contribution in [0.1, 0.15) is 23.7 Å². The van der Waals surface area contributed by atoms with E-state index in [0.29, 0.717) is 22.9 Å². The second-order valence-electron chi connectivity index (χ2n) is 4.01. The Morgan fingerprint density at radius 1 is 1.50 bits per heavy atom. The van der Waals surface area contributed by atoms with Crippen molar-refractivity contribution in [3.05, 3.63) is 33.4 Å². The number of benzene rings is 1. The maximum absolute atomic E-state index is 10.7. The van der Waals surface area contributed by atoms with Crippen LogP contribution >= 0.6 is 15.9 Å². The first-order valence-electron chi connectivity index (χ1n) is 5.35. The molecule has 18 heavy (non-hydrogen) atoms. The van der Waals surface area contributed by atoms with E-state index >= 15 is 0 Å². The van der Waals surface area contributed by atoms with Crippen molar-refractivity contribution in [3.63, 3.8) is 0 Å². The number of nitro groups is 1. The fraction of sp³-hybridized carbons (Fsp3) is 0.455. The van der Waals surface area contributed by atoms with Gasteiger partial charge in [0, 0.05) is 28.2 Å². The summed E-state index contributed by atoms with van der Waals surface area (Å²) in [4.78, 5) is 10.2. The van der Waals surface area contributed by atoms with Crippen molar-refractivity contribution in [2.75, 3.05) is 11.1 Å². The summed E-state index contributed by atoms with van der Waals surface area (Å²) in [7, 11) is 0. The van der Waals surface area contributed by atoms with E-state index < -0.39 is 17.1 Å². The minimum absolute atomic E-state index is 0.0987. The number of aryl methyl sites for hydroxylation is 1. The van der Waals surface area contributed by atoms with Crippen LogP contribution in [0.25, 0.3) is 0 Å². The van der Waals surface area contributed by atoms with Gasteiger partial charge in [-0.2, -0.15) is 0 Å². The van der Waals surface area contributed by atoms with Gasteiger partial charge in [0.2, 0.25) is 0 Å². The Kier molecular flexibility index (Phi) is 5.06. The van der Waals surface area contributed by atoms with E-state index in [1.165, 1.54) is 12.1 Å². The molecule has 0 fully saturated rings. The largest absolute Gasteiger partial charge is 0.398 e. The first-order chi connectivity index (χ1) is 8.38. The molecular weight excluding hydrogens is 304 g/mol. The van der Waals surface area contributed by atoms with Crippen LogP contribution in [0.4, 0.5) is 11.4 Å². The lowest BCUT2D eigenvalue weighted by atomic mass is 9.98. The maximum atomic E-state index is 10.7. The second-order valence-corrected chi connectivity index (χ2v) is 4.81. The van der Waals surface area contributed by atoms with Crippen molar-refractivity contribution in [3.8, 4) is 0 Å². The number of aliphatic hydroxyl groups is 2. The number of anilines is 1. The molecule has 0 spiro atoms. The van der Waals surface area contributed by atoms with Crippen LogP contribution in [0.15, 0.2) is 12.1 Å². The van der Waals surface area contributed by atoms with Gasteiger partial charge in [0.1, 0.15) is 6.10 Å². The molecule has 0 saturated carbocycles. The van der Waals surface area contributed by atoms with Crippen LogP contribution in [0.2, 0.25) is 0 Å². The van der Waals surface area contributed by atoms with Crippen LogP contribution < -0.4 is 5.73 Å². The Morgan fingerprint density at radius 3 is 2.61 bits per heavy atom. The number of hydrogen-bond acceptors (Lipinski definition) is 5. The highest BCUT2D eigenvalue weighted by molar-refractivity contribution is 9.09. The fourth-order valence-electron chi connectivity index (χ4n) is 1.66. The number of nitrogens with zero attached hydrogens (tertiary/aromatic N) is 1. The summed E-state index contributed by atoms with van der Waals surface area (Å²) in [5.41, 5.74) is 6.39. The molecule has 4 N–H and O–H groups in total. The topological polar surface area (TPSA) is 110 Å². The molecule has 0 aliphatic heterocycles. The standard InChI is InChI=1S/C11H15BrN2O4/c1-6-4-7(11(16)10(15)2-3-12)8(13)5-9(6)14(17)18/h4-5,10-11,15-16H,2-3,13H2,1H3. The van der Waals surface area contributed by atoms with Crippen molar-refractivity contribution in [2.24, 2.45) is 0 Å². The third-order valence-corrected chi connectivity index (χ3v) is 3.14. The van der Waals surface area contributed by atoms with E-state index in [1.54, 1.807) is 6.92 Å². The van der Waals surface area contributed by atoms with Crippen LogP contribution in [0.3, 0.4) is 0 Å². The molecule has 1 aromatic carbocycles. The molecule has 0 bridgehead atoms. The lowest BCUT2D eigenvalue weighted by Gasteiger charge is -2.19. The zero-order valence-corrected chi connectivity index (χ0v) is 11.4. The van der Waals surface area contributed by atoms with E-state index in [9.17, 15) is 20.3 Å². The van der Waals surface area contributed by atoms with E-state index in [0.717, 1.165) is 0 Å². The Morgan fingerprint density at radius 2 is 2.11 bits per heavy atom. The van der Waals surface area contributed by atoms with Gasteiger partial charge >= 0.3 is 0 Å². The number of halogens is 1. The van der Waals surface area contributed by atoms with Gasteiger partial charge in [-0.1, -0.05) is 15.9 Å². The summed E-state index contributed by atoms with van der Waals surface area (Å²) in [6.07, 6.45) is -1.76. The molecule has 2 atom stereocenters.